The van der Waals surface area contributed by atoms with Crippen molar-refractivity contribution in [2.75, 3.05) is 0 Å². The van der Waals surface area contributed by atoms with Gasteiger partial charge in [0.15, 0.2) is 5.82 Å². The topological polar surface area (TPSA) is 113 Å². The molecule has 0 aliphatic heterocycles. The molecule has 0 saturated carbocycles. The third kappa shape index (κ3) is 2.11. The van der Waals surface area contributed by atoms with Crippen LogP contribution in [-0.2, 0) is 0 Å². The monoisotopic (exact) mass is 248 g/mol. The average molecular weight is 248 g/mol. The molecule has 86 valence electrons. The van der Waals surface area contributed by atoms with Crippen LogP contribution in [0.15, 0.2) is 24.5 Å². The van der Waals surface area contributed by atoms with Gasteiger partial charge in [-0.2, -0.15) is 10.2 Å². The van der Waals surface area contributed by atoms with E-state index < -0.39 is 5.91 Å². The predicted molar refractivity (Wildman–Crippen MR) is 63.6 cm³/mol. The van der Waals surface area contributed by atoms with Crippen LogP contribution in [0.4, 0.5) is 0 Å². The van der Waals surface area contributed by atoms with E-state index in [2.05, 4.69) is 15.3 Å². The van der Waals surface area contributed by atoms with Gasteiger partial charge in [-0.15, -0.1) is 5.10 Å². The van der Waals surface area contributed by atoms with Gasteiger partial charge in [0.1, 0.15) is 10.7 Å². The Kier molecular flexibility index (Phi) is 2.79. The first-order chi connectivity index (χ1) is 8.09. The van der Waals surface area contributed by atoms with E-state index >= 15 is 0 Å². The number of aromatic nitrogens is 4. The maximum Gasteiger partial charge on any atom is 0.269 e. The minimum atomic E-state index is -0.621. The largest absolute Gasteiger partial charge is 0.389 e. The summed E-state index contributed by atoms with van der Waals surface area (Å²) in [5.41, 5.74) is 11.3. The third-order valence-electron chi connectivity index (χ3n) is 2.03. The lowest BCUT2D eigenvalue weighted by Gasteiger charge is -2.04. The summed E-state index contributed by atoms with van der Waals surface area (Å²) in [5, 5.41) is 11.5. The second kappa shape index (κ2) is 4.26. The Morgan fingerprint density at radius 1 is 1.35 bits per heavy atom. The molecular formula is C9H8N6OS. The van der Waals surface area contributed by atoms with Gasteiger partial charge in [0, 0.05) is 6.20 Å². The van der Waals surface area contributed by atoms with Gasteiger partial charge in [0.2, 0.25) is 0 Å². The Morgan fingerprint density at radius 3 is 2.71 bits per heavy atom. The third-order valence-corrected chi connectivity index (χ3v) is 2.25. The van der Waals surface area contributed by atoms with E-state index in [0.29, 0.717) is 11.4 Å². The zero-order chi connectivity index (χ0) is 12.4. The summed E-state index contributed by atoms with van der Waals surface area (Å²) in [7, 11) is 0. The van der Waals surface area contributed by atoms with Crippen molar-refractivity contribution in [1.82, 2.24) is 20.0 Å². The van der Waals surface area contributed by atoms with Crippen LogP contribution >= 0.6 is 12.2 Å². The van der Waals surface area contributed by atoms with Gasteiger partial charge in [-0.25, -0.2) is 4.68 Å². The molecule has 0 fully saturated rings. The fourth-order valence-electron chi connectivity index (χ4n) is 1.26. The van der Waals surface area contributed by atoms with Crippen molar-refractivity contribution in [1.29, 1.82) is 0 Å². The quantitative estimate of drug-likeness (QED) is 0.701. The molecule has 2 aromatic rings. The molecule has 4 N–H and O–H groups in total. The fraction of sp³-hybridized carbons (Fsp3) is 0. The number of nitrogens with two attached hydrogens (primary N) is 2. The Balaban J connectivity index is 2.52. The van der Waals surface area contributed by atoms with Crippen molar-refractivity contribution in [3.8, 4) is 5.82 Å². The van der Waals surface area contributed by atoms with Crippen molar-refractivity contribution >= 4 is 23.1 Å². The fourth-order valence-corrected chi connectivity index (χ4v) is 1.42. The lowest BCUT2D eigenvalue weighted by Crippen LogP contribution is -2.16. The smallest absolute Gasteiger partial charge is 0.269 e. The van der Waals surface area contributed by atoms with Crippen LogP contribution in [0.25, 0.3) is 5.82 Å². The lowest BCUT2D eigenvalue weighted by molar-refractivity contribution is 0.0995. The van der Waals surface area contributed by atoms with Crippen LogP contribution in [0.2, 0.25) is 0 Å². The molecule has 0 atom stereocenters. The van der Waals surface area contributed by atoms with Crippen LogP contribution in [0.3, 0.4) is 0 Å². The second-order valence-electron chi connectivity index (χ2n) is 3.14. The van der Waals surface area contributed by atoms with Crippen molar-refractivity contribution in [2.45, 2.75) is 0 Å². The summed E-state index contributed by atoms with van der Waals surface area (Å²) >= 11 is 4.89. The van der Waals surface area contributed by atoms with E-state index in [9.17, 15) is 4.79 Å². The maximum atomic E-state index is 10.9. The van der Waals surface area contributed by atoms with E-state index in [-0.39, 0.29) is 10.7 Å². The highest BCUT2D eigenvalue weighted by Gasteiger charge is 2.12. The van der Waals surface area contributed by atoms with Crippen LogP contribution in [0.1, 0.15) is 16.1 Å². The van der Waals surface area contributed by atoms with Crippen molar-refractivity contribution < 1.29 is 4.79 Å². The number of thiocarbonyl (C=S) groups is 1. The minimum absolute atomic E-state index is 0.129. The van der Waals surface area contributed by atoms with Gasteiger partial charge in [0.05, 0.1) is 11.8 Å². The number of nitrogens with zero attached hydrogens (tertiary/aromatic N) is 4. The number of carbonyl (C=O) groups is 1. The first-order valence-electron chi connectivity index (χ1n) is 4.57. The number of primary amides is 1. The first kappa shape index (κ1) is 11.1. The summed E-state index contributed by atoms with van der Waals surface area (Å²) in [5.74, 6) is -0.267. The summed E-state index contributed by atoms with van der Waals surface area (Å²) < 4.78 is 1.35. The van der Waals surface area contributed by atoms with Crippen LogP contribution in [0.5, 0.6) is 0 Å². The minimum Gasteiger partial charge on any atom is -0.389 e. The van der Waals surface area contributed by atoms with Crippen LogP contribution in [-0.4, -0.2) is 30.9 Å². The average Bonchev–Trinajstić information content (AvgIpc) is 2.78. The normalized spacial score (nSPS) is 10.1. The van der Waals surface area contributed by atoms with Crippen molar-refractivity contribution in [3.05, 3.63) is 35.8 Å². The molecule has 17 heavy (non-hydrogen) atoms. The highest BCUT2D eigenvalue weighted by molar-refractivity contribution is 7.80. The van der Waals surface area contributed by atoms with Gasteiger partial charge in [-0.05, 0) is 12.1 Å². The standard InChI is InChI=1S/C9H8N6OS/c10-7(16)6-2-4-15(14-6)9-5(8(11)17)1-3-12-13-9/h1-4H,(H2,10,16)(H2,11,17). The number of hydrogen-bond donors (Lipinski definition) is 2. The summed E-state index contributed by atoms with van der Waals surface area (Å²) in [6.45, 7) is 0. The molecule has 2 aromatic heterocycles. The van der Waals surface area contributed by atoms with Crippen molar-refractivity contribution in [2.24, 2.45) is 11.5 Å². The molecule has 0 saturated heterocycles. The highest BCUT2D eigenvalue weighted by atomic mass is 32.1. The number of rotatable bonds is 3. The van der Waals surface area contributed by atoms with E-state index in [1.165, 1.54) is 23.1 Å². The Bertz CT molecular complexity index is 593. The highest BCUT2D eigenvalue weighted by Crippen LogP contribution is 2.09. The van der Waals surface area contributed by atoms with Crippen LogP contribution in [0, 0.1) is 0 Å². The molecular weight excluding hydrogens is 240 g/mol. The molecule has 8 heteroatoms. The molecule has 0 spiro atoms. The lowest BCUT2D eigenvalue weighted by atomic mass is 10.3. The molecule has 0 unspecified atom stereocenters. The van der Waals surface area contributed by atoms with Gasteiger partial charge >= 0.3 is 0 Å². The molecule has 0 aromatic carbocycles. The first-order valence-corrected chi connectivity index (χ1v) is 4.98. The van der Waals surface area contributed by atoms with Gasteiger partial charge in [0.25, 0.3) is 5.91 Å². The van der Waals surface area contributed by atoms with Crippen molar-refractivity contribution in [3.63, 3.8) is 0 Å². The molecule has 2 rings (SSSR count). The molecule has 2 heterocycles. The summed E-state index contributed by atoms with van der Waals surface area (Å²) in [6, 6.07) is 3.09. The van der Waals surface area contributed by atoms with Gasteiger partial charge in [-0.3, -0.25) is 4.79 Å². The second-order valence-corrected chi connectivity index (χ2v) is 3.58. The Hall–Kier alpha value is -2.35. The maximum absolute atomic E-state index is 10.9. The van der Waals surface area contributed by atoms with Gasteiger partial charge in [-0.1, -0.05) is 12.2 Å². The number of hydrogen-bond acceptors (Lipinski definition) is 5. The zero-order valence-electron chi connectivity index (χ0n) is 8.57. The summed E-state index contributed by atoms with van der Waals surface area (Å²) in [6.07, 6.45) is 3.00. The molecule has 0 aliphatic carbocycles. The zero-order valence-corrected chi connectivity index (χ0v) is 9.39. The van der Waals surface area contributed by atoms with E-state index in [0.717, 1.165) is 0 Å². The van der Waals surface area contributed by atoms with E-state index in [4.69, 9.17) is 23.7 Å². The molecule has 7 nitrogen and oxygen atoms in total. The van der Waals surface area contributed by atoms with E-state index in [1.807, 2.05) is 0 Å². The van der Waals surface area contributed by atoms with Crippen LogP contribution < -0.4 is 11.5 Å². The number of amides is 1. The SMILES string of the molecule is NC(=O)c1ccn(-c2nnccc2C(N)=S)n1. The Morgan fingerprint density at radius 2 is 2.12 bits per heavy atom. The molecule has 0 radical (unpaired) electrons. The summed E-state index contributed by atoms with van der Waals surface area (Å²) in [4.78, 5) is 11.1. The molecule has 0 aliphatic rings. The molecule has 0 bridgehead atoms. The predicted octanol–water partition coefficient (Wildman–Crippen LogP) is -0.605. The Labute approximate surface area is 101 Å². The molecule has 1 amide bonds. The van der Waals surface area contributed by atoms with E-state index in [1.54, 1.807) is 6.07 Å². The number of carbonyl (C=O) groups excluding carboxylic acids is 1. The van der Waals surface area contributed by atoms with Gasteiger partial charge < -0.3 is 11.5 Å².